The maximum Gasteiger partial charge on any atom is 0.0701 e. The fourth-order valence-corrected chi connectivity index (χ4v) is 5.67. The van der Waals surface area contributed by atoms with E-state index in [-0.39, 0.29) is 5.41 Å². The van der Waals surface area contributed by atoms with Crippen molar-refractivity contribution in [1.29, 1.82) is 0 Å². The van der Waals surface area contributed by atoms with E-state index in [1.54, 1.807) is 0 Å². The van der Waals surface area contributed by atoms with Gasteiger partial charge < -0.3 is 0 Å². The van der Waals surface area contributed by atoms with Crippen LogP contribution in [0.1, 0.15) is 16.0 Å². The first-order chi connectivity index (χ1) is 9.09. The van der Waals surface area contributed by atoms with Gasteiger partial charge in [-0.3, -0.25) is 0 Å². The predicted octanol–water partition coefficient (Wildman–Crippen LogP) is 6.09. The van der Waals surface area contributed by atoms with Gasteiger partial charge in [0.05, 0.1) is 3.79 Å². The Morgan fingerprint density at radius 1 is 1.00 bits per heavy atom. The van der Waals surface area contributed by atoms with Crippen LogP contribution >= 0.6 is 59.1 Å². The second-order valence-corrected chi connectivity index (χ2v) is 8.47. The molecule has 0 amide bonds. The summed E-state index contributed by atoms with van der Waals surface area (Å²) >= 11 is 12.8. The Labute approximate surface area is 144 Å². The van der Waals surface area contributed by atoms with Gasteiger partial charge in [0.15, 0.2) is 0 Å². The van der Waals surface area contributed by atoms with Gasteiger partial charge in [0.25, 0.3) is 0 Å². The molecule has 19 heavy (non-hydrogen) atoms. The van der Waals surface area contributed by atoms with Crippen molar-refractivity contribution in [3.8, 4) is 0 Å². The molecule has 0 fully saturated rings. The van der Waals surface area contributed by atoms with E-state index < -0.39 is 0 Å². The first-order valence-corrected chi connectivity index (χ1v) is 9.88. The van der Waals surface area contributed by atoms with Crippen LogP contribution in [-0.4, -0.2) is 10.7 Å². The topological polar surface area (TPSA) is 0 Å². The standard InChI is InChI=1S/C15H15Br3S/c1-11-2-4-12(5-3-11)15(9-16,10-17)8-13-6-7-14(18)19-13/h2-7H,8-10H2,1H3. The average Bonchev–Trinajstić information content (AvgIpc) is 2.82. The molecule has 1 aromatic heterocycles. The number of rotatable bonds is 5. The highest BCUT2D eigenvalue weighted by Gasteiger charge is 2.31. The summed E-state index contributed by atoms with van der Waals surface area (Å²) in [5.41, 5.74) is 2.80. The Kier molecular flexibility index (Phi) is 5.70. The Morgan fingerprint density at radius 3 is 2.11 bits per heavy atom. The van der Waals surface area contributed by atoms with Crippen molar-refractivity contribution in [1.82, 2.24) is 0 Å². The molecule has 0 saturated carbocycles. The third-order valence-corrected chi connectivity index (χ3v) is 7.09. The molecule has 0 unspecified atom stereocenters. The van der Waals surface area contributed by atoms with Crippen LogP contribution in [0, 0.1) is 6.92 Å². The molecule has 0 bridgehead atoms. The molecule has 1 aromatic carbocycles. The van der Waals surface area contributed by atoms with Crippen molar-refractivity contribution in [3.05, 3.63) is 56.2 Å². The average molecular weight is 467 g/mol. The molecule has 0 saturated heterocycles. The monoisotopic (exact) mass is 464 g/mol. The SMILES string of the molecule is Cc1ccc(C(CBr)(CBr)Cc2ccc(Br)s2)cc1. The third kappa shape index (κ3) is 3.72. The normalized spacial score (nSPS) is 11.8. The maximum absolute atomic E-state index is 3.72. The minimum Gasteiger partial charge on any atom is -0.133 e. The Hall–Kier alpha value is 0.360. The molecule has 102 valence electrons. The van der Waals surface area contributed by atoms with Gasteiger partial charge in [0, 0.05) is 21.0 Å². The predicted molar refractivity (Wildman–Crippen MR) is 96.2 cm³/mol. The summed E-state index contributed by atoms with van der Waals surface area (Å²) in [4.78, 5) is 1.41. The summed E-state index contributed by atoms with van der Waals surface area (Å²) in [5.74, 6) is 0. The highest BCUT2D eigenvalue weighted by Crippen LogP contribution is 2.35. The van der Waals surface area contributed by atoms with E-state index >= 15 is 0 Å². The molecule has 2 rings (SSSR count). The van der Waals surface area contributed by atoms with E-state index in [9.17, 15) is 0 Å². The molecular formula is C15H15Br3S. The number of benzene rings is 1. The summed E-state index contributed by atoms with van der Waals surface area (Å²) in [7, 11) is 0. The second-order valence-electron chi connectivity index (χ2n) is 4.80. The van der Waals surface area contributed by atoms with Crippen LogP contribution in [0.3, 0.4) is 0 Å². The van der Waals surface area contributed by atoms with Gasteiger partial charge in [-0.15, -0.1) is 11.3 Å². The zero-order chi connectivity index (χ0) is 13.9. The lowest BCUT2D eigenvalue weighted by Crippen LogP contribution is -2.32. The highest BCUT2D eigenvalue weighted by atomic mass is 79.9. The summed E-state index contributed by atoms with van der Waals surface area (Å²) in [5, 5.41) is 1.90. The number of halogens is 3. The summed E-state index contributed by atoms with van der Waals surface area (Å²) in [6.45, 7) is 2.13. The quantitative estimate of drug-likeness (QED) is 0.468. The molecule has 1 heterocycles. The lowest BCUT2D eigenvalue weighted by Gasteiger charge is -2.30. The lowest BCUT2D eigenvalue weighted by molar-refractivity contribution is 0.556. The first-order valence-electron chi connectivity index (χ1n) is 6.03. The number of hydrogen-bond donors (Lipinski definition) is 0. The Balaban J connectivity index is 2.33. The van der Waals surface area contributed by atoms with Crippen molar-refractivity contribution in [2.24, 2.45) is 0 Å². The Bertz CT molecular complexity index is 527. The van der Waals surface area contributed by atoms with Crippen LogP contribution in [0.15, 0.2) is 40.2 Å². The van der Waals surface area contributed by atoms with Crippen molar-refractivity contribution < 1.29 is 0 Å². The van der Waals surface area contributed by atoms with Gasteiger partial charge in [-0.05, 0) is 47.0 Å². The van der Waals surface area contributed by atoms with Gasteiger partial charge >= 0.3 is 0 Å². The van der Waals surface area contributed by atoms with E-state index in [4.69, 9.17) is 0 Å². The van der Waals surface area contributed by atoms with Crippen molar-refractivity contribution in [2.75, 3.05) is 10.7 Å². The molecule has 4 heteroatoms. The van der Waals surface area contributed by atoms with E-state index in [2.05, 4.69) is 91.1 Å². The lowest BCUT2D eigenvalue weighted by atomic mass is 9.81. The van der Waals surface area contributed by atoms with Crippen LogP contribution in [0.4, 0.5) is 0 Å². The van der Waals surface area contributed by atoms with Gasteiger partial charge in [0.2, 0.25) is 0 Å². The van der Waals surface area contributed by atoms with Crippen LogP contribution < -0.4 is 0 Å². The van der Waals surface area contributed by atoms with Crippen molar-refractivity contribution in [2.45, 2.75) is 18.8 Å². The van der Waals surface area contributed by atoms with E-state index in [0.717, 1.165) is 17.1 Å². The minimum atomic E-state index is 0.109. The summed E-state index contributed by atoms with van der Waals surface area (Å²) in [6.07, 6.45) is 1.04. The van der Waals surface area contributed by atoms with Gasteiger partial charge in [-0.2, -0.15) is 0 Å². The number of aryl methyl sites for hydroxylation is 1. The fraction of sp³-hybridized carbons (Fsp3) is 0.333. The zero-order valence-corrected chi connectivity index (χ0v) is 16.2. The van der Waals surface area contributed by atoms with E-state index in [1.165, 1.54) is 19.8 Å². The minimum absolute atomic E-state index is 0.109. The molecule has 0 N–H and O–H groups in total. The summed E-state index contributed by atoms with van der Waals surface area (Å²) in [6, 6.07) is 13.2. The fourth-order valence-electron chi connectivity index (χ4n) is 2.07. The molecule has 0 radical (unpaired) electrons. The molecule has 2 aromatic rings. The van der Waals surface area contributed by atoms with E-state index in [1.807, 2.05) is 11.3 Å². The third-order valence-electron chi connectivity index (χ3n) is 3.32. The molecule has 0 atom stereocenters. The molecule has 0 aliphatic heterocycles. The van der Waals surface area contributed by atoms with Crippen LogP contribution in [0.5, 0.6) is 0 Å². The number of thiophene rings is 1. The summed E-state index contributed by atoms with van der Waals surface area (Å²) < 4.78 is 1.20. The highest BCUT2D eigenvalue weighted by molar-refractivity contribution is 9.11. The molecular weight excluding hydrogens is 452 g/mol. The largest absolute Gasteiger partial charge is 0.133 e. The second kappa shape index (κ2) is 6.88. The van der Waals surface area contributed by atoms with Crippen LogP contribution in [0.25, 0.3) is 0 Å². The van der Waals surface area contributed by atoms with Gasteiger partial charge in [-0.25, -0.2) is 0 Å². The van der Waals surface area contributed by atoms with Crippen molar-refractivity contribution >= 4 is 59.1 Å². The van der Waals surface area contributed by atoms with Crippen LogP contribution in [0.2, 0.25) is 0 Å². The Morgan fingerprint density at radius 2 is 1.63 bits per heavy atom. The van der Waals surface area contributed by atoms with Crippen LogP contribution in [-0.2, 0) is 11.8 Å². The molecule has 0 nitrogen and oxygen atoms in total. The van der Waals surface area contributed by atoms with Gasteiger partial charge in [0.1, 0.15) is 0 Å². The number of hydrogen-bond acceptors (Lipinski definition) is 1. The zero-order valence-electron chi connectivity index (χ0n) is 10.6. The van der Waals surface area contributed by atoms with E-state index in [0.29, 0.717) is 0 Å². The molecule has 0 spiro atoms. The first kappa shape index (κ1) is 15.7. The van der Waals surface area contributed by atoms with Gasteiger partial charge in [-0.1, -0.05) is 61.7 Å². The van der Waals surface area contributed by atoms with Crippen molar-refractivity contribution in [3.63, 3.8) is 0 Å². The molecule has 0 aliphatic rings. The molecule has 0 aliphatic carbocycles. The number of alkyl halides is 2. The maximum atomic E-state index is 3.72. The smallest absolute Gasteiger partial charge is 0.0701 e.